The molecule has 2 aromatic rings. The molecule has 3 heterocycles. The number of carbonyl (C=O) groups excluding carboxylic acids is 2. The van der Waals surface area contributed by atoms with Crippen LogP contribution in [0.15, 0.2) is 12.4 Å². The number of hydrogen-bond acceptors (Lipinski definition) is 7. The fraction of sp³-hybridized carbons (Fsp3) is 0.579. The molecule has 150 valence electrons. The zero-order valence-electron chi connectivity index (χ0n) is 15.9. The number of amides is 2. The van der Waals surface area contributed by atoms with Crippen molar-refractivity contribution in [3.05, 3.63) is 17.3 Å². The number of aromatic nitrogens is 2. The molecule has 2 aliphatic rings. The third-order valence-corrected chi connectivity index (χ3v) is 6.80. The van der Waals surface area contributed by atoms with Gasteiger partial charge in [-0.1, -0.05) is 12.8 Å². The fourth-order valence-corrected chi connectivity index (χ4v) is 5.02. The van der Waals surface area contributed by atoms with E-state index in [2.05, 4.69) is 25.1 Å². The number of nitrogens with two attached hydrogens (primary N) is 1. The van der Waals surface area contributed by atoms with E-state index in [9.17, 15) is 9.59 Å². The van der Waals surface area contributed by atoms with Crippen molar-refractivity contribution >= 4 is 39.2 Å². The van der Waals surface area contributed by atoms with Crippen molar-refractivity contribution < 1.29 is 9.59 Å². The maximum atomic E-state index is 12.1. The van der Waals surface area contributed by atoms with Gasteiger partial charge < -0.3 is 16.0 Å². The van der Waals surface area contributed by atoms with Gasteiger partial charge in [-0.25, -0.2) is 9.97 Å². The van der Waals surface area contributed by atoms with Gasteiger partial charge >= 0.3 is 0 Å². The van der Waals surface area contributed by atoms with Gasteiger partial charge in [0.05, 0.1) is 15.1 Å². The Morgan fingerprint density at radius 2 is 1.93 bits per heavy atom. The minimum atomic E-state index is -0.432. The Balaban J connectivity index is 1.30. The number of piperazine rings is 1. The lowest BCUT2D eigenvalue weighted by molar-refractivity contribution is -0.124. The Labute approximate surface area is 168 Å². The van der Waals surface area contributed by atoms with E-state index in [0.29, 0.717) is 11.4 Å². The molecule has 2 aromatic heterocycles. The van der Waals surface area contributed by atoms with E-state index in [-0.39, 0.29) is 11.8 Å². The fourth-order valence-electron chi connectivity index (χ4n) is 4.04. The standard InChI is InChI=1S/C19H26N6O2S/c20-17(26)15-11-14-16(28-15)18(23-12-22-14)25-9-7-24(8-10-25)6-5-21-19(27)13-3-1-2-4-13/h11-13H,1-10H2,(H2,20,26)(H,21,27). The molecule has 1 saturated heterocycles. The molecular formula is C19H26N6O2S. The van der Waals surface area contributed by atoms with Gasteiger partial charge in [-0.15, -0.1) is 11.3 Å². The Morgan fingerprint density at radius 1 is 1.18 bits per heavy atom. The van der Waals surface area contributed by atoms with Crippen LogP contribution in [0.4, 0.5) is 5.82 Å². The SMILES string of the molecule is NC(=O)c1cc2ncnc(N3CCN(CCNC(=O)C4CCCC4)CC3)c2s1. The summed E-state index contributed by atoms with van der Waals surface area (Å²) in [4.78, 5) is 37.4. The predicted molar refractivity (Wildman–Crippen MR) is 110 cm³/mol. The lowest BCUT2D eigenvalue weighted by Gasteiger charge is -2.35. The first kappa shape index (κ1) is 19.1. The summed E-state index contributed by atoms with van der Waals surface area (Å²) in [7, 11) is 0. The second-order valence-electron chi connectivity index (χ2n) is 7.49. The van der Waals surface area contributed by atoms with Gasteiger partial charge in [0.2, 0.25) is 5.91 Å². The van der Waals surface area contributed by atoms with E-state index in [1.165, 1.54) is 24.2 Å². The molecule has 8 nitrogen and oxygen atoms in total. The summed E-state index contributed by atoms with van der Waals surface area (Å²) in [6, 6.07) is 1.73. The number of carbonyl (C=O) groups is 2. The first-order valence-electron chi connectivity index (χ1n) is 9.91. The molecule has 1 aliphatic carbocycles. The molecule has 0 spiro atoms. The van der Waals surface area contributed by atoms with Crippen molar-refractivity contribution in [2.75, 3.05) is 44.2 Å². The molecule has 0 aromatic carbocycles. The van der Waals surface area contributed by atoms with Crippen molar-refractivity contribution in [2.24, 2.45) is 11.7 Å². The highest BCUT2D eigenvalue weighted by atomic mass is 32.1. The number of nitrogens with zero attached hydrogens (tertiary/aromatic N) is 4. The minimum absolute atomic E-state index is 0.225. The van der Waals surface area contributed by atoms with Gasteiger partial charge in [-0.05, 0) is 18.9 Å². The number of thiophene rings is 1. The number of nitrogens with one attached hydrogen (secondary N) is 1. The molecule has 28 heavy (non-hydrogen) atoms. The molecule has 2 amide bonds. The van der Waals surface area contributed by atoms with Crippen molar-refractivity contribution in [2.45, 2.75) is 25.7 Å². The highest BCUT2D eigenvalue weighted by Crippen LogP contribution is 2.31. The van der Waals surface area contributed by atoms with E-state index < -0.39 is 5.91 Å². The van der Waals surface area contributed by atoms with E-state index in [4.69, 9.17) is 5.73 Å². The summed E-state index contributed by atoms with van der Waals surface area (Å²) in [5.41, 5.74) is 6.17. The quantitative estimate of drug-likeness (QED) is 0.753. The molecule has 1 saturated carbocycles. The number of anilines is 1. The van der Waals surface area contributed by atoms with Crippen LogP contribution in [0.5, 0.6) is 0 Å². The summed E-state index contributed by atoms with van der Waals surface area (Å²) in [6.45, 7) is 5.12. The molecule has 2 fully saturated rings. The topological polar surface area (TPSA) is 104 Å². The average molecular weight is 403 g/mol. The van der Waals surface area contributed by atoms with E-state index in [0.717, 1.165) is 61.6 Å². The number of fused-ring (bicyclic) bond motifs is 1. The molecule has 4 rings (SSSR count). The first-order valence-corrected chi connectivity index (χ1v) is 10.7. The van der Waals surface area contributed by atoms with Crippen LogP contribution in [0.3, 0.4) is 0 Å². The molecule has 0 bridgehead atoms. The Morgan fingerprint density at radius 3 is 2.64 bits per heavy atom. The molecule has 3 N–H and O–H groups in total. The van der Waals surface area contributed by atoms with Gasteiger partial charge in [0.25, 0.3) is 5.91 Å². The highest BCUT2D eigenvalue weighted by molar-refractivity contribution is 7.21. The van der Waals surface area contributed by atoms with Crippen molar-refractivity contribution in [3.8, 4) is 0 Å². The molecule has 0 unspecified atom stereocenters. The highest BCUT2D eigenvalue weighted by Gasteiger charge is 2.24. The van der Waals surface area contributed by atoms with Crippen LogP contribution >= 0.6 is 11.3 Å². The van der Waals surface area contributed by atoms with E-state index in [1.807, 2.05) is 0 Å². The Bertz CT molecular complexity index is 855. The van der Waals surface area contributed by atoms with Gasteiger partial charge in [0.15, 0.2) is 0 Å². The van der Waals surface area contributed by atoms with Crippen LogP contribution in [-0.4, -0.2) is 66.0 Å². The van der Waals surface area contributed by atoms with Crippen molar-refractivity contribution in [1.29, 1.82) is 0 Å². The van der Waals surface area contributed by atoms with Crippen LogP contribution in [0, 0.1) is 5.92 Å². The van der Waals surface area contributed by atoms with Crippen LogP contribution in [0.1, 0.15) is 35.4 Å². The number of primary amides is 1. The van der Waals surface area contributed by atoms with Crippen LogP contribution in [0.2, 0.25) is 0 Å². The first-order chi connectivity index (χ1) is 13.6. The monoisotopic (exact) mass is 402 g/mol. The second-order valence-corrected chi connectivity index (χ2v) is 8.54. The van der Waals surface area contributed by atoms with Crippen molar-refractivity contribution in [1.82, 2.24) is 20.2 Å². The second kappa shape index (κ2) is 8.40. The van der Waals surface area contributed by atoms with E-state index >= 15 is 0 Å². The summed E-state index contributed by atoms with van der Waals surface area (Å²) in [5.74, 6) is 0.894. The van der Waals surface area contributed by atoms with Gasteiger partial charge in [-0.2, -0.15) is 0 Å². The summed E-state index contributed by atoms with van der Waals surface area (Å²) >= 11 is 1.35. The normalized spacial score (nSPS) is 18.6. The molecule has 1 aliphatic heterocycles. The van der Waals surface area contributed by atoms with Gasteiger partial charge in [0.1, 0.15) is 12.1 Å². The third kappa shape index (κ3) is 4.10. The Hall–Kier alpha value is -2.26. The van der Waals surface area contributed by atoms with Crippen LogP contribution in [-0.2, 0) is 4.79 Å². The maximum Gasteiger partial charge on any atom is 0.258 e. The van der Waals surface area contributed by atoms with Gasteiger partial charge in [0, 0.05) is 45.2 Å². The summed E-state index contributed by atoms with van der Waals surface area (Å²) in [5, 5.41) is 3.10. The molecule has 0 radical (unpaired) electrons. The third-order valence-electron chi connectivity index (χ3n) is 5.66. The zero-order chi connectivity index (χ0) is 19.5. The lowest BCUT2D eigenvalue weighted by atomic mass is 10.1. The Kier molecular flexibility index (Phi) is 5.72. The minimum Gasteiger partial charge on any atom is -0.365 e. The van der Waals surface area contributed by atoms with Crippen LogP contribution < -0.4 is 16.0 Å². The molecule has 0 atom stereocenters. The smallest absolute Gasteiger partial charge is 0.258 e. The zero-order valence-corrected chi connectivity index (χ0v) is 16.7. The average Bonchev–Trinajstić information content (AvgIpc) is 3.38. The molecular weight excluding hydrogens is 376 g/mol. The molecule has 9 heteroatoms. The van der Waals surface area contributed by atoms with Crippen LogP contribution in [0.25, 0.3) is 10.2 Å². The number of hydrogen-bond donors (Lipinski definition) is 2. The van der Waals surface area contributed by atoms with E-state index in [1.54, 1.807) is 12.4 Å². The summed E-state index contributed by atoms with van der Waals surface area (Å²) in [6.07, 6.45) is 5.99. The predicted octanol–water partition coefficient (Wildman–Crippen LogP) is 1.22. The maximum absolute atomic E-state index is 12.1. The number of rotatable bonds is 6. The largest absolute Gasteiger partial charge is 0.365 e. The van der Waals surface area contributed by atoms with Gasteiger partial charge in [-0.3, -0.25) is 14.5 Å². The van der Waals surface area contributed by atoms with Crippen molar-refractivity contribution in [3.63, 3.8) is 0 Å². The lowest BCUT2D eigenvalue weighted by Crippen LogP contribution is -2.49. The summed E-state index contributed by atoms with van der Waals surface area (Å²) < 4.78 is 0.911.